The quantitative estimate of drug-likeness (QED) is 0.606. The second-order valence-corrected chi connectivity index (χ2v) is 8.40. The van der Waals surface area contributed by atoms with Crippen molar-refractivity contribution in [3.8, 4) is 0 Å². The summed E-state index contributed by atoms with van der Waals surface area (Å²) in [6.45, 7) is 5.60. The van der Waals surface area contributed by atoms with Crippen molar-refractivity contribution in [2.45, 2.75) is 39.3 Å². The van der Waals surface area contributed by atoms with Crippen LogP contribution in [0.25, 0.3) is 0 Å². The van der Waals surface area contributed by atoms with Gasteiger partial charge in [0.05, 0.1) is 12.2 Å². The Kier molecular flexibility index (Phi) is 6.54. The van der Waals surface area contributed by atoms with E-state index in [2.05, 4.69) is 4.98 Å². The molecule has 1 aliphatic heterocycles. The molecule has 172 valence electrons. The number of nitrogens with two attached hydrogens (primary N) is 1. The zero-order valence-electron chi connectivity index (χ0n) is 18.6. The van der Waals surface area contributed by atoms with Gasteiger partial charge in [0.2, 0.25) is 0 Å². The molecule has 1 unspecified atom stereocenters. The lowest BCUT2D eigenvalue weighted by atomic mass is 9.88. The number of rotatable bonds is 7. The summed E-state index contributed by atoms with van der Waals surface area (Å²) in [6, 6.07) is 6.88. The van der Waals surface area contributed by atoms with Crippen LogP contribution in [0.2, 0.25) is 0 Å². The van der Waals surface area contributed by atoms with Crippen molar-refractivity contribution in [3.63, 3.8) is 0 Å². The van der Waals surface area contributed by atoms with Crippen molar-refractivity contribution in [1.82, 2.24) is 9.55 Å². The van der Waals surface area contributed by atoms with Gasteiger partial charge in [0.1, 0.15) is 5.82 Å². The topological polar surface area (TPSA) is 137 Å². The second-order valence-electron chi connectivity index (χ2n) is 8.40. The molecule has 3 N–H and O–H groups in total. The standard InChI is InChI=1S/C22H28N4O6/c1-13(2)12-26-17(23)16(18(27)24-21(26)30)25(9-10-31-4)20(29)22(3)11-14-7-5-6-8-15(14)19(28)32-22/h5-8,13H,9-12,23H2,1-4H3,(H,24,27,30). The van der Waals surface area contributed by atoms with Crippen LogP contribution in [-0.2, 0) is 27.2 Å². The number of carbonyl (C=O) groups excluding carboxylic acids is 2. The number of nitrogens with one attached hydrogen (secondary N) is 1. The van der Waals surface area contributed by atoms with Gasteiger partial charge in [-0.05, 0) is 24.5 Å². The third-order valence-electron chi connectivity index (χ3n) is 5.33. The van der Waals surface area contributed by atoms with Gasteiger partial charge in [-0.3, -0.25) is 24.0 Å². The molecule has 0 fully saturated rings. The molecule has 0 saturated carbocycles. The predicted molar refractivity (Wildman–Crippen MR) is 119 cm³/mol. The van der Waals surface area contributed by atoms with Crippen LogP contribution in [0.3, 0.4) is 0 Å². The first-order valence-corrected chi connectivity index (χ1v) is 10.3. The van der Waals surface area contributed by atoms with Gasteiger partial charge in [-0.2, -0.15) is 0 Å². The molecule has 1 aromatic heterocycles. The number of esters is 1. The first-order valence-electron chi connectivity index (χ1n) is 10.3. The molecular weight excluding hydrogens is 416 g/mol. The number of nitrogens with zero attached hydrogens (tertiary/aromatic N) is 2. The van der Waals surface area contributed by atoms with Gasteiger partial charge in [-0.15, -0.1) is 0 Å². The molecule has 32 heavy (non-hydrogen) atoms. The molecule has 1 aromatic carbocycles. The van der Waals surface area contributed by atoms with Gasteiger partial charge in [0.25, 0.3) is 11.5 Å². The van der Waals surface area contributed by atoms with E-state index in [1.807, 2.05) is 13.8 Å². The molecule has 0 radical (unpaired) electrons. The van der Waals surface area contributed by atoms with Crippen LogP contribution >= 0.6 is 0 Å². The third kappa shape index (κ3) is 4.31. The Balaban J connectivity index is 2.10. The largest absolute Gasteiger partial charge is 0.445 e. The molecule has 10 heteroatoms. The van der Waals surface area contributed by atoms with E-state index in [1.165, 1.54) is 18.6 Å². The number of nitrogen functional groups attached to an aromatic ring is 1. The molecule has 0 spiro atoms. The number of benzene rings is 1. The molecular formula is C22H28N4O6. The monoisotopic (exact) mass is 444 g/mol. The van der Waals surface area contributed by atoms with Crippen LogP contribution in [0.5, 0.6) is 0 Å². The summed E-state index contributed by atoms with van der Waals surface area (Å²) in [6.07, 6.45) is 0.126. The average molecular weight is 444 g/mol. The third-order valence-corrected chi connectivity index (χ3v) is 5.33. The Bertz CT molecular complexity index is 1150. The van der Waals surface area contributed by atoms with E-state index in [0.717, 1.165) is 4.90 Å². The van der Waals surface area contributed by atoms with Crippen LogP contribution < -0.4 is 21.9 Å². The van der Waals surface area contributed by atoms with Crippen LogP contribution in [-0.4, -0.2) is 47.3 Å². The lowest BCUT2D eigenvalue weighted by molar-refractivity contribution is -0.137. The number of aromatic amines is 1. The minimum Gasteiger partial charge on any atom is -0.445 e. The normalized spacial score (nSPS) is 17.7. The number of aromatic nitrogens is 2. The molecule has 0 saturated heterocycles. The van der Waals surface area contributed by atoms with Gasteiger partial charge in [0, 0.05) is 26.6 Å². The van der Waals surface area contributed by atoms with E-state index >= 15 is 0 Å². The van der Waals surface area contributed by atoms with Crippen molar-refractivity contribution in [1.29, 1.82) is 0 Å². The number of amides is 1. The highest BCUT2D eigenvalue weighted by Gasteiger charge is 2.46. The van der Waals surface area contributed by atoms with E-state index in [9.17, 15) is 19.2 Å². The highest BCUT2D eigenvalue weighted by atomic mass is 16.6. The van der Waals surface area contributed by atoms with Crippen molar-refractivity contribution in [2.24, 2.45) is 5.92 Å². The van der Waals surface area contributed by atoms with Gasteiger partial charge < -0.3 is 15.2 Å². The van der Waals surface area contributed by atoms with Crippen molar-refractivity contribution < 1.29 is 19.1 Å². The molecule has 2 heterocycles. The van der Waals surface area contributed by atoms with Crippen LogP contribution in [0.15, 0.2) is 33.9 Å². The molecule has 3 rings (SSSR count). The molecule has 10 nitrogen and oxygen atoms in total. The Morgan fingerprint density at radius 1 is 1.31 bits per heavy atom. The first kappa shape index (κ1) is 23.3. The van der Waals surface area contributed by atoms with Gasteiger partial charge >= 0.3 is 11.7 Å². The summed E-state index contributed by atoms with van der Waals surface area (Å²) >= 11 is 0. The number of ether oxygens (including phenoxy) is 2. The number of methoxy groups -OCH3 is 1. The SMILES string of the molecule is COCCN(C(=O)C1(C)Cc2ccccc2C(=O)O1)c1c(N)n(CC(C)C)c(=O)[nH]c1=O. The van der Waals surface area contributed by atoms with Gasteiger partial charge in [0.15, 0.2) is 11.3 Å². The number of fused-ring (bicyclic) bond motifs is 1. The summed E-state index contributed by atoms with van der Waals surface area (Å²) in [7, 11) is 1.45. The van der Waals surface area contributed by atoms with Crippen LogP contribution in [0, 0.1) is 5.92 Å². The van der Waals surface area contributed by atoms with Crippen LogP contribution in [0.4, 0.5) is 11.5 Å². The average Bonchev–Trinajstić information content (AvgIpc) is 2.72. The van der Waals surface area contributed by atoms with Crippen molar-refractivity contribution >= 4 is 23.4 Å². The molecule has 0 bridgehead atoms. The number of H-pyrrole nitrogens is 1. The zero-order valence-corrected chi connectivity index (χ0v) is 18.6. The second kappa shape index (κ2) is 8.99. The Morgan fingerprint density at radius 2 is 2.00 bits per heavy atom. The van der Waals surface area contributed by atoms with Gasteiger partial charge in [-0.25, -0.2) is 9.59 Å². The van der Waals surface area contributed by atoms with Crippen molar-refractivity contribution in [2.75, 3.05) is 30.9 Å². The molecule has 1 atom stereocenters. The summed E-state index contributed by atoms with van der Waals surface area (Å²) in [5, 5.41) is 0. The van der Waals surface area contributed by atoms with Gasteiger partial charge in [-0.1, -0.05) is 32.0 Å². The fraction of sp³-hybridized carbons (Fsp3) is 0.455. The maximum atomic E-state index is 13.7. The van der Waals surface area contributed by atoms with E-state index in [0.29, 0.717) is 11.1 Å². The number of carbonyl (C=O) groups is 2. The maximum absolute atomic E-state index is 13.7. The number of hydrogen-bond acceptors (Lipinski definition) is 7. The van der Waals surface area contributed by atoms with E-state index in [4.69, 9.17) is 15.2 Å². The zero-order chi connectivity index (χ0) is 23.6. The maximum Gasteiger partial charge on any atom is 0.339 e. The summed E-state index contributed by atoms with van der Waals surface area (Å²) < 4.78 is 11.9. The molecule has 2 aromatic rings. The lowest BCUT2D eigenvalue weighted by Gasteiger charge is -2.37. The molecule has 0 aliphatic carbocycles. The minimum absolute atomic E-state index is 0.0305. The first-order chi connectivity index (χ1) is 15.1. The van der Waals surface area contributed by atoms with E-state index in [-0.39, 0.29) is 43.5 Å². The summed E-state index contributed by atoms with van der Waals surface area (Å²) in [5.41, 5.74) is 4.07. The fourth-order valence-corrected chi connectivity index (χ4v) is 3.82. The smallest absolute Gasteiger partial charge is 0.339 e. The predicted octanol–water partition coefficient (Wildman–Crippen LogP) is 0.926. The summed E-state index contributed by atoms with van der Waals surface area (Å²) in [4.78, 5) is 54.7. The number of anilines is 2. The number of cyclic esters (lactones) is 1. The lowest BCUT2D eigenvalue weighted by Crippen LogP contribution is -2.55. The Morgan fingerprint density at radius 3 is 2.66 bits per heavy atom. The van der Waals surface area contributed by atoms with Crippen LogP contribution in [0.1, 0.15) is 36.7 Å². The van der Waals surface area contributed by atoms with E-state index in [1.54, 1.807) is 24.3 Å². The minimum atomic E-state index is -1.57. The summed E-state index contributed by atoms with van der Waals surface area (Å²) in [5.74, 6) is -1.33. The fourth-order valence-electron chi connectivity index (χ4n) is 3.82. The van der Waals surface area contributed by atoms with Crippen molar-refractivity contribution in [3.05, 3.63) is 56.2 Å². The molecule has 1 amide bonds. The van der Waals surface area contributed by atoms with E-state index < -0.39 is 28.7 Å². The Hall–Kier alpha value is -3.40. The number of hydrogen-bond donors (Lipinski definition) is 2. The highest BCUT2D eigenvalue weighted by molar-refractivity contribution is 6.04. The highest BCUT2D eigenvalue weighted by Crippen LogP contribution is 2.31. The molecule has 1 aliphatic rings. The Labute approximate surface area is 184 Å².